The number of rotatable bonds is 4. The van der Waals surface area contributed by atoms with Crippen molar-refractivity contribution < 1.29 is 9.21 Å². The molecule has 6 heteroatoms. The van der Waals surface area contributed by atoms with Crippen molar-refractivity contribution in [2.75, 3.05) is 0 Å². The van der Waals surface area contributed by atoms with Gasteiger partial charge in [-0.15, -0.1) is 0 Å². The third-order valence-electron chi connectivity index (χ3n) is 2.66. The molecule has 1 atom stereocenters. The number of aryl methyl sites for hydroxylation is 2. The zero-order valence-corrected chi connectivity index (χ0v) is 12.9. The Hall–Kier alpha value is -1.27. The van der Waals surface area contributed by atoms with Crippen LogP contribution in [0.4, 0.5) is 0 Å². The van der Waals surface area contributed by atoms with Crippen LogP contribution >= 0.6 is 27.7 Å². The largest absolute Gasteiger partial charge is 0.437 e. The summed E-state index contributed by atoms with van der Waals surface area (Å²) in [6.07, 6.45) is 0. The van der Waals surface area contributed by atoms with Gasteiger partial charge < -0.3 is 10.2 Å². The molecule has 0 aliphatic carbocycles. The second-order valence-corrected chi connectivity index (χ2v) is 6.05. The second kappa shape index (κ2) is 5.79. The second-order valence-electron chi connectivity index (χ2n) is 4.07. The number of oxazole rings is 1. The summed E-state index contributed by atoms with van der Waals surface area (Å²) in [5.74, 6) is 0.336. The van der Waals surface area contributed by atoms with E-state index in [9.17, 15) is 4.79 Å². The van der Waals surface area contributed by atoms with Crippen LogP contribution in [-0.2, 0) is 4.79 Å². The van der Waals surface area contributed by atoms with Crippen LogP contribution in [0.15, 0.2) is 38.4 Å². The maximum Gasteiger partial charge on any atom is 0.257 e. The minimum Gasteiger partial charge on any atom is -0.437 e. The quantitative estimate of drug-likeness (QED) is 0.866. The van der Waals surface area contributed by atoms with Crippen LogP contribution in [-0.4, -0.2) is 10.9 Å². The van der Waals surface area contributed by atoms with E-state index in [1.165, 1.54) is 11.8 Å². The van der Waals surface area contributed by atoms with E-state index >= 15 is 0 Å². The Morgan fingerprint density at radius 1 is 1.37 bits per heavy atom. The summed E-state index contributed by atoms with van der Waals surface area (Å²) in [6.45, 7) is 3.70. The highest BCUT2D eigenvalue weighted by Crippen LogP contribution is 2.35. The lowest BCUT2D eigenvalue weighted by atomic mass is 10.1. The molecule has 2 N–H and O–H groups in total. The van der Waals surface area contributed by atoms with Crippen LogP contribution in [0.2, 0.25) is 0 Å². The topological polar surface area (TPSA) is 69.1 Å². The molecule has 0 aliphatic heterocycles. The van der Waals surface area contributed by atoms with Crippen molar-refractivity contribution in [2.24, 2.45) is 5.73 Å². The van der Waals surface area contributed by atoms with Crippen molar-refractivity contribution in [3.63, 3.8) is 0 Å². The summed E-state index contributed by atoms with van der Waals surface area (Å²) >= 11 is 4.58. The predicted molar refractivity (Wildman–Crippen MR) is 77.9 cm³/mol. The predicted octanol–water partition coefficient (Wildman–Crippen LogP) is 3.37. The molecule has 100 valence electrons. The van der Waals surface area contributed by atoms with Crippen LogP contribution in [0.5, 0.6) is 0 Å². The van der Waals surface area contributed by atoms with Crippen molar-refractivity contribution >= 4 is 33.6 Å². The normalized spacial score (nSPS) is 12.4. The Bertz CT molecular complexity index is 576. The summed E-state index contributed by atoms with van der Waals surface area (Å²) < 4.78 is 6.43. The molecule has 1 amide bonds. The monoisotopic (exact) mass is 340 g/mol. The van der Waals surface area contributed by atoms with E-state index in [0.29, 0.717) is 5.22 Å². The van der Waals surface area contributed by atoms with Crippen molar-refractivity contribution in [2.45, 2.75) is 24.3 Å². The van der Waals surface area contributed by atoms with E-state index < -0.39 is 11.2 Å². The van der Waals surface area contributed by atoms with E-state index in [1.807, 2.05) is 38.1 Å². The number of hydrogen-bond acceptors (Lipinski definition) is 4. The Labute approximate surface area is 123 Å². The summed E-state index contributed by atoms with van der Waals surface area (Å²) in [5.41, 5.74) is 7.11. The van der Waals surface area contributed by atoms with Gasteiger partial charge >= 0.3 is 0 Å². The number of hydrogen-bond donors (Lipinski definition) is 1. The number of halogens is 1. The van der Waals surface area contributed by atoms with Crippen LogP contribution in [0, 0.1) is 13.8 Å². The molecule has 0 saturated carbocycles. The number of benzene rings is 1. The molecular weight excluding hydrogens is 328 g/mol. The van der Waals surface area contributed by atoms with E-state index in [1.54, 1.807) is 0 Å². The highest BCUT2D eigenvalue weighted by atomic mass is 79.9. The fourth-order valence-electron chi connectivity index (χ4n) is 1.52. The van der Waals surface area contributed by atoms with Crippen molar-refractivity contribution in [1.82, 2.24) is 4.98 Å². The number of thioether (sulfide) groups is 1. The minimum atomic E-state index is -0.509. The molecule has 2 aromatic rings. The fraction of sp³-hybridized carbons (Fsp3) is 0.231. The number of aromatic nitrogens is 1. The molecule has 0 radical (unpaired) electrons. The van der Waals surface area contributed by atoms with E-state index in [0.717, 1.165) is 21.5 Å². The molecule has 1 aromatic carbocycles. The van der Waals surface area contributed by atoms with Crippen LogP contribution in [0.25, 0.3) is 0 Å². The van der Waals surface area contributed by atoms with Crippen molar-refractivity contribution in [3.05, 3.63) is 45.8 Å². The fourth-order valence-corrected chi connectivity index (χ4v) is 2.76. The van der Waals surface area contributed by atoms with Gasteiger partial charge in [0, 0.05) is 4.47 Å². The first kappa shape index (κ1) is 14.1. The summed E-state index contributed by atoms with van der Waals surface area (Å²) in [5, 5.41) is -0.0488. The average Bonchev–Trinajstić information content (AvgIpc) is 2.67. The highest BCUT2D eigenvalue weighted by Gasteiger charge is 2.22. The number of amides is 1. The van der Waals surface area contributed by atoms with Crippen LogP contribution in [0.3, 0.4) is 0 Å². The maximum absolute atomic E-state index is 11.6. The number of carbonyl (C=O) groups excluding carboxylic acids is 1. The maximum atomic E-state index is 11.6. The molecule has 0 spiro atoms. The molecule has 4 nitrogen and oxygen atoms in total. The first-order valence-electron chi connectivity index (χ1n) is 5.63. The van der Waals surface area contributed by atoms with Gasteiger partial charge in [-0.05, 0) is 43.3 Å². The molecule has 0 aliphatic rings. The lowest BCUT2D eigenvalue weighted by Crippen LogP contribution is -2.18. The number of nitrogens with two attached hydrogens (primary N) is 1. The van der Waals surface area contributed by atoms with Gasteiger partial charge in [0.15, 0.2) is 0 Å². The van der Waals surface area contributed by atoms with E-state index in [-0.39, 0.29) is 0 Å². The molecule has 0 fully saturated rings. The Balaban J connectivity index is 2.26. The molecule has 0 unspecified atom stereocenters. The molecule has 1 aromatic heterocycles. The Morgan fingerprint density at radius 3 is 2.47 bits per heavy atom. The highest BCUT2D eigenvalue weighted by molar-refractivity contribution is 9.10. The third-order valence-corrected chi connectivity index (χ3v) is 4.30. The van der Waals surface area contributed by atoms with Gasteiger partial charge in [0.05, 0.1) is 5.69 Å². The molecule has 0 bridgehead atoms. The lowest BCUT2D eigenvalue weighted by molar-refractivity contribution is -0.117. The molecule has 19 heavy (non-hydrogen) atoms. The van der Waals surface area contributed by atoms with E-state index in [4.69, 9.17) is 10.2 Å². The summed E-state index contributed by atoms with van der Waals surface area (Å²) in [7, 11) is 0. The molecular formula is C13H13BrN2O2S. The van der Waals surface area contributed by atoms with Crippen LogP contribution < -0.4 is 5.73 Å². The van der Waals surface area contributed by atoms with Gasteiger partial charge in [-0.25, -0.2) is 4.98 Å². The minimum absolute atomic E-state index is 0.416. The average molecular weight is 341 g/mol. The number of nitrogens with zero attached hydrogens (tertiary/aromatic N) is 1. The van der Waals surface area contributed by atoms with Gasteiger partial charge in [0.2, 0.25) is 5.91 Å². The van der Waals surface area contributed by atoms with Crippen LogP contribution in [0.1, 0.15) is 22.3 Å². The SMILES string of the molecule is Cc1nc(S[C@@H](C(N)=O)c2ccc(Br)cc2)oc1C. The van der Waals surface area contributed by atoms with Gasteiger partial charge in [-0.2, -0.15) is 0 Å². The zero-order valence-electron chi connectivity index (χ0n) is 10.5. The molecule has 2 rings (SSSR count). The summed E-state index contributed by atoms with van der Waals surface area (Å²) in [6, 6.07) is 7.46. The Morgan fingerprint density at radius 2 is 2.00 bits per heavy atom. The first-order chi connectivity index (χ1) is 8.97. The first-order valence-corrected chi connectivity index (χ1v) is 7.30. The third kappa shape index (κ3) is 3.39. The summed E-state index contributed by atoms with van der Waals surface area (Å²) in [4.78, 5) is 15.9. The van der Waals surface area contributed by atoms with Crippen molar-refractivity contribution in [1.29, 1.82) is 0 Å². The lowest BCUT2D eigenvalue weighted by Gasteiger charge is -2.11. The van der Waals surface area contributed by atoms with E-state index in [2.05, 4.69) is 20.9 Å². The smallest absolute Gasteiger partial charge is 0.257 e. The van der Waals surface area contributed by atoms with Gasteiger partial charge in [0.25, 0.3) is 5.22 Å². The molecule has 0 saturated heterocycles. The van der Waals surface area contributed by atoms with Gasteiger partial charge in [-0.1, -0.05) is 28.1 Å². The number of carbonyl (C=O) groups is 1. The number of primary amides is 1. The zero-order chi connectivity index (χ0) is 14.0. The van der Waals surface area contributed by atoms with Gasteiger partial charge in [-0.3, -0.25) is 4.79 Å². The molecule has 1 heterocycles. The standard InChI is InChI=1S/C13H13BrN2O2S/c1-7-8(2)18-13(16-7)19-11(12(15)17)9-3-5-10(14)6-4-9/h3-6,11H,1-2H3,(H2,15,17)/t11-/m1/s1. The van der Waals surface area contributed by atoms with Crippen molar-refractivity contribution in [3.8, 4) is 0 Å². The van der Waals surface area contributed by atoms with Gasteiger partial charge in [0.1, 0.15) is 11.0 Å². The Kier molecular flexibility index (Phi) is 4.31.